The van der Waals surface area contributed by atoms with Gasteiger partial charge in [-0.15, -0.1) is 0 Å². The van der Waals surface area contributed by atoms with Crippen LogP contribution in [0.25, 0.3) is 5.82 Å². The Labute approximate surface area is 159 Å². The van der Waals surface area contributed by atoms with E-state index in [1.54, 1.807) is 50.4 Å². The summed E-state index contributed by atoms with van der Waals surface area (Å²) < 4.78 is 29.2. The number of sulfonamides is 1. The van der Waals surface area contributed by atoms with E-state index in [1.165, 1.54) is 16.8 Å². The summed E-state index contributed by atoms with van der Waals surface area (Å²) in [6.07, 6.45) is 1.60. The van der Waals surface area contributed by atoms with E-state index < -0.39 is 15.9 Å². The van der Waals surface area contributed by atoms with Gasteiger partial charge in [-0.1, -0.05) is 18.2 Å². The Hall–Kier alpha value is -2.52. The highest BCUT2D eigenvalue weighted by Gasteiger charge is 2.23. The van der Waals surface area contributed by atoms with Crippen molar-refractivity contribution in [2.75, 3.05) is 0 Å². The molecule has 1 aromatic carbocycles. The topological polar surface area (TPSA) is 94.0 Å². The lowest BCUT2D eigenvalue weighted by atomic mass is 10.2. The lowest BCUT2D eigenvalue weighted by molar-refractivity contribution is 0.0976. The summed E-state index contributed by atoms with van der Waals surface area (Å²) in [5.41, 5.74) is 1.17. The van der Waals surface area contributed by atoms with Crippen molar-refractivity contribution in [3.8, 4) is 5.82 Å². The summed E-state index contributed by atoms with van der Waals surface area (Å²) in [7, 11) is -3.99. The summed E-state index contributed by atoms with van der Waals surface area (Å²) in [6, 6.07) is 11.5. The number of aromatic nitrogens is 3. The Kier molecular flexibility index (Phi) is 4.92. The van der Waals surface area contributed by atoms with Crippen LogP contribution in [-0.4, -0.2) is 29.1 Å². The van der Waals surface area contributed by atoms with Crippen LogP contribution in [-0.2, 0) is 10.0 Å². The van der Waals surface area contributed by atoms with Gasteiger partial charge in [0.2, 0.25) is 0 Å². The first-order chi connectivity index (χ1) is 12.3. The van der Waals surface area contributed by atoms with Crippen LogP contribution in [0.3, 0.4) is 0 Å². The SMILES string of the molecule is Cc1ccccc1S(=O)(=O)NC(=O)c1cc(C)n(-c2ncccc2Br)n1. The second kappa shape index (κ2) is 7.00. The fraction of sp³-hybridized carbons (Fsp3) is 0.118. The van der Waals surface area contributed by atoms with Crippen molar-refractivity contribution in [1.82, 2.24) is 19.5 Å². The van der Waals surface area contributed by atoms with Crippen LogP contribution in [0.4, 0.5) is 0 Å². The number of benzene rings is 1. The summed E-state index contributed by atoms with van der Waals surface area (Å²) in [6.45, 7) is 3.41. The van der Waals surface area contributed by atoms with E-state index in [4.69, 9.17) is 0 Å². The molecule has 1 amide bonds. The van der Waals surface area contributed by atoms with E-state index in [1.807, 2.05) is 0 Å². The molecule has 9 heteroatoms. The Morgan fingerprint density at radius 2 is 1.88 bits per heavy atom. The summed E-state index contributed by atoms with van der Waals surface area (Å²) >= 11 is 3.38. The lowest BCUT2D eigenvalue weighted by Crippen LogP contribution is -2.31. The number of halogens is 1. The third-order valence-electron chi connectivity index (χ3n) is 3.67. The predicted molar refractivity (Wildman–Crippen MR) is 99.6 cm³/mol. The number of hydrogen-bond acceptors (Lipinski definition) is 5. The summed E-state index contributed by atoms with van der Waals surface area (Å²) in [5.74, 6) is -0.298. The first kappa shape index (κ1) is 18.3. The Balaban J connectivity index is 1.91. The van der Waals surface area contributed by atoms with Crippen molar-refractivity contribution in [1.29, 1.82) is 0 Å². The molecule has 0 bridgehead atoms. The zero-order valence-electron chi connectivity index (χ0n) is 14.0. The van der Waals surface area contributed by atoms with Gasteiger partial charge in [0.25, 0.3) is 15.9 Å². The molecule has 0 aliphatic rings. The fourth-order valence-electron chi connectivity index (χ4n) is 2.42. The zero-order chi connectivity index (χ0) is 18.9. The van der Waals surface area contributed by atoms with Crippen LogP contribution >= 0.6 is 15.9 Å². The Morgan fingerprint density at radius 3 is 2.58 bits per heavy atom. The van der Waals surface area contributed by atoms with Gasteiger partial charge in [0.15, 0.2) is 11.5 Å². The minimum atomic E-state index is -3.99. The van der Waals surface area contributed by atoms with Gasteiger partial charge in [-0.2, -0.15) is 5.10 Å². The van der Waals surface area contributed by atoms with Crippen LogP contribution in [0.2, 0.25) is 0 Å². The van der Waals surface area contributed by atoms with Gasteiger partial charge in [0.1, 0.15) is 0 Å². The highest BCUT2D eigenvalue weighted by atomic mass is 79.9. The van der Waals surface area contributed by atoms with Gasteiger partial charge in [-0.05, 0) is 59.6 Å². The number of amides is 1. The van der Waals surface area contributed by atoms with E-state index in [0.717, 1.165) is 0 Å². The molecule has 0 saturated carbocycles. The van der Waals surface area contributed by atoms with Crippen LogP contribution in [0.15, 0.2) is 58.0 Å². The van der Waals surface area contributed by atoms with Crippen LogP contribution < -0.4 is 4.72 Å². The van der Waals surface area contributed by atoms with Crippen LogP contribution in [0, 0.1) is 13.8 Å². The van der Waals surface area contributed by atoms with E-state index in [9.17, 15) is 13.2 Å². The minimum absolute atomic E-state index is 0.0165. The molecule has 7 nitrogen and oxygen atoms in total. The molecule has 2 heterocycles. The monoisotopic (exact) mass is 434 g/mol. The number of hydrogen-bond donors (Lipinski definition) is 1. The largest absolute Gasteiger partial charge is 0.285 e. The number of rotatable bonds is 4. The van der Waals surface area contributed by atoms with Crippen LogP contribution in [0.5, 0.6) is 0 Å². The maximum absolute atomic E-state index is 12.5. The van der Waals surface area contributed by atoms with Crippen molar-refractivity contribution < 1.29 is 13.2 Å². The van der Waals surface area contributed by atoms with Crippen molar-refractivity contribution in [2.24, 2.45) is 0 Å². The van der Waals surface area contributed by atoms with E-state index >= 15 is 0 Å². The average molecular weight is 435 g/mol. The maximum atomic E-state index is 12.5. The number of carbonyl (C=O) groups is 1. The molecule has 0 unspecified atom stereocenters. The van der Waals surface area contributed by atoms with Crippen molar-refractivity contribution in [3.05, 3.63) is 70.1 Å². The first-order valence-corrected chi connectivity index (χ1v) is 9.87. The molecule has 26 heavy (non-hydrogen) atoms. The molecule has 0 aliphatic heterocycles. The Bertz CT molecular complexity index is 1090. The average Bonchev–Trinajstić information content (AvgIpc) is 2.97. The molecular weight excluding hydrogens is 420 g/mol. The second-order valence-corrected chi connectivity index (χ2v) is 8.10. The van der Waals surface area contributed by atoms with Crippen molar-refractivity contribution in [3.63, 3.8) is 0 Å². The van der Waals surface area contributed by atoms with E-state index in [-0.39, 0.29) is 10.6 Å². The lowest BCUT2D eigenvalue weighted by Gasteiger charge is -2.08. The predicted octanol–water partition coefficient (Wildman–Crippen LogP) is 2.77. The molecule has 134 valence electrons. The summed E-state index contributed by atoms with van der Waals surface area (Å²) in [4.78, 5) is 16.7. The molecule has 0 aliphatic carbocycles. The van der Waals surface area contributed by atoms with E-state index in [2.05, 4.69) is 30.7 Å². The van der Waals surface area contributed by atoms with Crippen molar-refractivity contribution >= 4 is 31.9 Å². The molecule has 0 saturated heterocycles. The molecular formula is C17H15BrN4O3S. The van der Waals surface area contributed by atoms with Gasteiger partial charge < -0.3 is 0 Å². The number of carbonyl (C=O) groups excluding carboxylic acids is 1. The smallest absolute Gasteiger partial charge is 0.266 e. The molecule has 0 atom stereocenters. The fourth-order valence-corrected chi connectivity index (χ4v) is 4.05. The van der Waals surface area contributed by atoms with Gasteiger partial charge in [-0.3, -0.25) is 4.79 Å². The number of aryl methyl sites for hydroxylation is 2. The highest BCUT2D eigenvalue weighted by molar-refractivity contribution is 9.10. The second-order valence-electron chi connectivity index (χ2n) is 5.59. The van der Waals surface area contributed by atoms with Gasteiger partial charge in [-0.25, -0.2) is 22.8 Å². The Morgan fingerprint density at radius 1 is 1.15 bits per heavy atom. The van der Waals surface area contributed by atoms with Crippen molar-refractivity contribution in [2.45, 2.75) is 18.7 Å². The number of nitrogens with one attached hydrogen (secondary N) is 1. The number of nitrogens with zero attached hydrogens (tertiary/aromatic N) is 3. The van der Waals surface area contributed by atoms with E-state index in [0.29, 0.717) is 21.5 Å². The van der Waals surface area contributed by atoms with Crippen LogP contribution in [0.1, 0.15) is 21.7 Å². The molecule has 2 aromatic heterocycles. The molecule has 1 N–H and O–H groups in total. The molecule has 0 fully saturated rings. The quantitative estimate of drug-likeness (QED) is 0.680. The van der Waals surface area contributed by atoms with Gasteiger partial charge in [0.05, 0.1) is 9.37 Å². The third kappa shape index (κ3) is 3.54. The van der Waals surface area contributed by atoms with Gasteiger partial charge in [0, 0.05) is 11.9 Å². The third-order valence-corrected chi connectivity index (χ3v) is 5.78. The standard InChI is InChI=1S/C17H15BrN4O3S/c1-11-6-3-4-8-15(11)26(24,25)21-17(23)14-10-12(2)22(20-14)16-13(18)7-5-9-19-16/h3-10H,1-2H3,(H,21,23). The molecule has 3 rings (SSSR count). The van der Waals surface area contributed by atoms with Gasteiger partial charge >= 0.3 is 0 Å². The maximum Gasteiger partial charge on any atom is 0.285 e. The molecule has 0 spiro atoms. The minimum Gasteiger partial charge on any atom is -0.266 e. The number of pyridine rings is 1. The summed E-state index contributed by atoms with van der Waals surface area (Å²) in [5, 5.41) is 4.19. The normalized spacial score (nSPS) is 11.3. The zero-order valence-corrected chi connectivity index (χ0v) is 16.4. The molecule has 0 radical (unpaired) electrons. The first-order valence-electron chi connectivity index (χ1n) is 7.60. The molecule has 3 aromatic rings. The highest BCUT2D eigenvalue weighted by Crippen LogP contribution is 2.20.